The fraction of sp³-hybridized carbons (Fsp3) is 0.450. The van der Waals surface area contributed by atoms with E-state index in [1.807, 2.05) is 6.92 Å². The Morgan fingerprint density at radius 2 is 2.00 bits per heavy atom. The second-order valence-electron chi connectivity index (χ2n) is 6.50. The Bertz CT molecular complexity index is 919. The zero-order valence-corrected chi connectivity index (χ0v) is 17.3. The highest BCUT2D eigenvalue weighted by Crippen LogP contribution is 2.34. The van der Waals surface area contributed by atoms with Gasteiger partial charge in [0.25, 0.3) is 5.56 Å². The summed E-state index contributed by atoms with van der Waals surface area (Å²) >= 11 is 2.98. The van der Waals surface area contributed by atoms with Crippen molar-refractivity contribution in [3.05, 3.63) is 46.1 Å². The Hall–Kier alpha value is -1.86. The Labute approximate surface area is 167 Å². The lowest BCUT2D eigenvalue weighted by molar-refractivity contribution is -0.127. The van der Waals surface area contributed by atoms with Gasteiger partial charge in [-0.2, -0.15) is 0 Å². The molecule has 0 aromatic carbocycles. The summed E-state index contributed by atoms with van der Waals surface area (Å²) in [6.45, 7) is 10.9. The number of carbonyl (C=O) groups excluding carboxylic acids is 1. The van der Waals surface area contributed by atoms with Crippen molar-refractivity contribution in [3.8, 4) is 0 Å². The Morgan fingerprint density at radius 1 is 1.30 bits per heavy atom. The lowest BCUT2D eigenvalue weighted by atomic mass is 9.97. The van der Waals surface area contributed by atoms with E-state index in [0.717, 1.165) is 29.5 Å². The molecule has 0 N–H and O–H groups in total. The van der Waals surface area contributed by atoms with Crippen molar-refractivity contribution < 1.29 is 4.79 Å². The van der Waals surface area contributed by atoms with E-state index in [1.54, 1.807) is 33.0 Å². The molecule has 0 radical (unpaired) electrons. The van der Waals surface area contributed by atoms with Gasteiger partial charge in [-0.05, 0) is 38.2 Å². The third kappa shape index (κ3) is 4.04. The van der Waals surface area contributed by atoms with Crippen LogP contribution in [-0.2, 0) is 24.2 Å². The number of hydrogen-bond acceptors (Lipinski definition) is 5. The van der Waals surface area contributed by atoms with Crippen LogP contribution in [0, 0.1) is 0 Å². The highest BCUT2D eigenvalue weighted by molar-refractivity contribution is 7.99. The molecule has 5 nitrogen and oxygen atoms in total. The lowest BCUT2D eigenvalue weighted by Gasteiger charge is -2.19. The van der Waals surface area contributed by atoms with Crippen LogP contribution in [0.3, 0.4) is 0 Å². The zero-order chi connectivity index (χ0) is 19.4. The molecular weight excluding hydrogens is 378 g/mol. The third-order valence-corrected chi connectivity index (χ3v) is 6.88. The maximum atomic E-state index is 13.1. The van der Waals surface area contributed by atoms with E-state index >= 15 is 0 Å². The van der Waals surface area contributed by atoms with Crippen molar-refractivity contribution in [1.82, 2.24) is 14.5 Å². The smallest absolute Gasteiger partial charge is 0.263 e. The molecule has 0 fully saturated rings. The number of thiophene rings is 1. The predicted octanol–water partition coefficient (Wildman–Crippen LogP) is 3.65. The van der Waals surface area contributed by atoms with Crippen molar-refractivity contribution in [3.63, 3.8) is 0 Å². The van der Waals surface area contributed by atoms with E-state index < -0.39 is 0 Å². The number of nitrogens with zero attached hydrogens (tertiary/aromatic N) is 3. The summed E-state index contributed by atoms with van der Waals surface area (Å²) in [5.41, 5.74) is 1.24. The average Bonchev–Trinajstić information content (AvgIpc) is 3.04. The summed E-state index contributed by atoms with van der Waals surface area (Å²) in [7, 11) is 0. The number of carbonyl (C=O) groups is 1. The monoisotopic (exact) mass is 403 g/mol. The summed E-state index contributed by atoms with van der Waals surface area (Å²) in [6, 6.07) is 0. The van der Waals surface area contributed by atoms with Crippen molar-refractivity contribution in [2.24, 2.45) is 0 Å². The summed E-state index contributed by atoms with van der Waals surface area (Å²) < 4.78 is 1.70. The molecule has 2 heterocycles. The molecule has 0 bridgehead atoms. The van der Waals surface area contributed by atoms with E-state index in [2.05, 4.69) is 13.2 Å². The van der Waals surface area contributed by atoms with Gasteiger partial charge in [0.2, 0.25) is 5.91 Å². The molecule has 0 spiro atoms. The molecule has 2 aromatic heterocycles. The van der Waals surface area contributed by atoms with Crippen molar-refractivity contribution in [1.29, 1.82) is 0 Å². The van der Waals surface area contributed by atoms with Gasteiger partial charge in [0, 0.05) is 24.5 Å². The quantitative estimate of drug-likeness (QED) is 0.384. The number of amides is 1. The molecule has 1 aliphatic carbocycles. The number of aromatic nitrogens is 2. The first-order chi connectivity index (χ1) is 13.1. The molecule has 0 saturated carbocycles. The fourth-order valence-electron chi connectivity index (χ4n) is 3.42. The highest BCUT2D eigenvalue weighted by Gasteiger charge is 2.22. The third-order valence-electron chi connectivity index (χ3n) is 4.73. The molecule has 3 rings (SSSR count). The van der Waals surface area contributed by atoms with Gasteiger partial charge in [-0.25, -0.2) is 4.98 Å². The molecule has 144 valence electrons. The van der Waals surface area contributed by atoms with Gasteiger partial charge >= 0.3 is 0 Å². The normalized spacial score (nSPS) is 13.4. The van der Waals surface area contributed by atoms with Gasteiger partial charge in [-0.15, -0.1) is 24.5 Å². The Kier molecular flexibility index (Phi) is 6.55. The highest BCUT2D eigenvalue weighted by atomic mass is 32.2. The molecule has 0 unspecified atom stereocenters. The minimum absolute atomic E-state index is 0.0118. The Morgan fingerprint density at radius 3 is 2.67 bits per heavy atom. The van der Waals surface area contributed by atoms with E-state index in [1.165, 1.54) is 28.6 Å². The van der Waals surface area contributed by atoms with E-state index in [-0.39, 0.29) is 17.2 Å². The van der Waals surface area contributed by atoms with Crippen LogP contribution >= 0.6 is 23.1 Å². The molecule has 1 aliphatic rings. The summed E-state index contributed by atoms with van der Waals surface area (Å²) in [5, 5.41) is 1.42. The standard InChI is InChI=1S/C20H25N3O2S2/c1-4-11-22(12-5-2)16(24)13-26-20-21-18-17(19(25)23(20)6-3)14-9-7-8-10-15(14)27-18/h4-5H,1-2,6-13H2,3H3. The first-order valence-electron chi connectivity index (χ1n) is 9.28. The predicted molar refractivity (Wildman–Crippen MR) is 114 cm³/mol. The van der Waals surface area contributed by atoms with Gasteiger partial charge < -0.3 is 4.90 Å². The minimum atomic E-state index is -0.0118. The molecule has 2 aromatic rings. The van der Waals surface area contributed by atoms with Crippen LogP contribution in [0.5, 0.6) is 0 Å². The number of rotatable bonds is 8. The first-order valence-corrected chi connectivity index (χ1v) is 11.1. The van der Waals surface area contributed by atoms with Gasteiger partial charge in [0.05, 0.1) is 11.1 Å². The molecular formula is C20H25N3O2S2. The van der Waals surface area contributed by atoms with Crippen LogP contribution in [0.2, 0.25) is 0 Å². The first kappa shape index (κ1) is 19.9. The van der Waals surface area contributed by atoms with Crippen LogP contribution in [0.1, 0.15) is 30.2 Å². The lowest BCUT2D eigenvalue weighted by Crippen LogP contribution is -2.33. The molecule has 27 heavy (non-hydrogen) atoms. The number of hydrogen-bond donors (Lipinski definition) is 0. The number of thioether (sulfide) groups is 1. The van der Waals surface area contributed by atoms with Crippen LogP contribution in [0.15, 0.2) is 35.3 Å². The number of aryl methyl sites for hydroxylation is 2. The number of fused-ring (bicyclic) bond motifs is 3. The summed E-state index contributed by atoms with van der Waals surface area (Å²) in [6.07, 6.45) is 7.74. The molecule has 0 atom stereocenters. The maximum absolute atomic E-state index is 13.1. The second-order valence-corrected chi connectivity index (χ2v) is 8.53. The average molecular weight is 404 g/mol. The van der Waals surface area contributed by atoms with Crippen molar-refractivity contribution >= 4 is 39.2 Å². The van der Waals surface area contributed by atoms with Crippen LogP contribution < -0.4 is 5.56 Å². The Balaban J connectivity index is 1.90. The molecule has 7 heteroatoms. The van der Waals surface area contributed by atoms with Crippen LogP contribution in [-0.4, -0.2) is 39.2 Å². The van der Waals surface area contributed by atoms with E-state index in [9.17, 15) is 9.59 Å². The van der Waals surface area contributed by atoms with Crippen molar-refractivity contribution in [2.75, 3.05) is 18.8 Å². The molecule has 1 amide bonds. The maximum Gasteiger partial charge on any atom is 0.263 e. The van der Waals surface area contributed by atoms with Crippen LogP contribution in [0.25, 0.3) is 10.2 Å². The SMILES string of the molecule is C=CCN(CC=C)C(=O)CSc1nc2sc3c(c2c(=O)n1CC)CCCC3. The minimum Gasteiger partial charge on any atom is -0.335 e. The zero-order valence-electron chi connectivity index (χ0n) is 15.7. The van der Waals surface area contributed by atoms with Gasteiger partial charge in [0.15, 0.2) is 5.16 Å². The van der Waals surface area contributed by atoms with Crippen molar-refractivity contribution in [2.45, 2.75) is 44.3 Å². The second kappa shape index (κ2) is 8.89. The molecule has 0 saturated heterocycles. The largest absolute Gasteiger partial charge is 0.335 e. The van der Waals surface area contributed by atoms with Gasteiger partial charge in [-0.3, -0.25) is 14.2 Å². The summed E-state index contributed by atoms with van der Waals surface area (Å²) in [5.74, 6) is 0.229. The van der Waals surface area contributed by atoms with E-state index in [4.69, 9.17) is 4.98 Å². The fourth-order valence-corrected chi connectivity index (χ4v) is 5.68. The summed E-state index contributed by atoms with van der Waals surface area (Å²) in [4.78, 5) is 34.2. The topological polar surface area (TPSA) is 55.2 Å². The van der Waals surface area contributed by atoms with Gasteiger partial charge in [0.1, 0.15) is 4.83 Å². The van der Waals surface area contributed by atoms with Crippen LogP contribution in [0.4, 0.5) is 0 Å². The molecule has 0 aliphatic heterocycles. The van der Waals surface area contributed by atoms with Gasteiger partial charge in [-0.1, -0.05) is 23.9 Å². The van der Waals surface area contributed by atoms with E-state index in [0.29, 0.717) is 24.8 Å².